The van der Waals surface area contributed by atoms with Crippen LogP contribution in [0.15, 0.2) is 29.1 Å². The maximum Gasteiger partial charge on any atom is 0.227 e. The maximum atomic E-state index is 5.92. The van der Waals surface area contributed by atoms with Crippen LogP contribution in [0.25, 0.3) is 11.5 Å². The number of alkyl halides is 1. The minimum Gasteiger partial charge on any atom is -0.440 e. The Labute approximate surface area is 90.7 Å². The van der Waals surface area contributed by atoms with Gasteiger partial charge in [0.05, 0.1) is 22.7 Å². The molecule has 0 unspecified atom stereocenters. The molecule has 0 saturated carbocycles. The Morgan fingerprint density at radius 3 is 2.86 bits per heavy atom. The summed E-state index contributed by atoms with van der Waals surface area (Å²) in [7, 11) is 0. The van der Waals surface area contributed by atoms with E-state index < -0.39 is 0 Å². The first-order valence-corrected chi connectivity index (χ1v) is 4.83. The molecule has 0 aliphatic carbocycles. The zero-order chi connectivity index (χ0) is 9.97. The van der Waals surface area contributed by atoms with E-state index in [9.17, 15) is 0 Å². The van der Waals surface area contributed by atoms with Crippen LogP contribution < -0.4 is 0 Å². The number of hydrogen-bond donors (Lipinski definition) is 0. The molecule has 0 radical (unpaired) electrons. The SMILES string of the molecule is ClCc1cnc(-c2ccncc2Cl)o1. The van der Waals surface area contributed by atoms with E-state index in [4.69, 9.17) is 27.6 Å². The van der Waals surface area contributed by atoms with E-state index in [2.05, 4.69) is 9.97 Å². The fourth-order valence-corrected chi connectivity index (χ4v) is 1.37. The molecule has 2 aromatic rings. The Kier molecular flexibility index (Phi) is 2.70. The van der Waals surface area contributed by atoms with Gasteiger partial charge in [0.15, 0.2) is 0 Å². The Morgan fingerprint density at radius 2 is 2.21 bits per heavy atom. The van der Waals surface area contributed by atoms with E-state index in [1.165, 1.54) is 0 Å². The topological polar surface area (TPSA) is 38.9 Å². The zero-order valence-corrected chi connectivity index (χ0v) is 8.59. The van der Waals surface area contributed by atoms with Gasteiger partial charge in [-0.25, -0.2) is 4.98 Å². The summed E-state index contributed by atoms with van der Waals surface area (Å²) in [4.78, 5) is 7.92. The van der Waals surface area contributed by atoms with Crippen LogP contribution in [0.2, 0.25) is 5.02 Å². The number of hydrogen-bond acceptors (Lipinski definition) is 3. The maximum absolute atomic E-state index is 5.92. The first-order chi connectivity index (χ1) is 6.81. The smallest absolute Gasteiger partial charge is 0.227 e. The van der Waals surface area contributed by atoms with Crippen LogP contribution in [0.5, 0.6) is 0 Å². The van der Waals surface area contributed by atoms with E-state index in [1.54, 1.807) is 24.7 Å². The van der Waals surface area contributed by atoms with Crippen LogP contribution in [0.1, 0.15) is 5.76 Å². The molecule has 0 amide bonds. The third kappa shape index (κ3) is 1.74. The van der Waals surface area contributed by atoms with E-state index in [1.807, 2.05) is 0 Å². The largest absolute Gasteiger partial charge is 0.440 e. The molecule has 0 fully saturated rings. The Balaban J connectivity index is 2.44. The molecule has 0 atom stereocenters. The van der Waals surface area contributed by atoms with Gasteiger partial charge >= 0.3 is 0 Å². The highest BCUT2D eigenvalue weighted by atomic mass is 35.5. The van der Waals surface area contributed by atoms with Gasteiger partial charge < -0.3 is 4.42 Å². The molecule has 0 saturated heterocycles. The summed E-state index contributed by atoms with van der Waals surface area (Å²) in [5.41, 5.74) is 0.720. The molecular formula is C9H6Cl2N2O. The minimum atomic E-state index is 0.301. The number of rotatable bonds is 2. The van der Waals surface area contributed by atoms with Crippen molar-refractivity contribution in [3.05, 3.63) is 35.4 Å². The first kappa shape index (κ1) is 9.49. The van der Waals surface area contributed by atoms with Crippen molar-refractivity contribution >= 4 is 23.2 Å². The van der Waals surface area contributed by atoms with Crippen molar-refractivity contribution in [1.82, 2.24) is 9.97 Å². The number of aromatic nitrogens is 2. The quantitative estimate of drug-likeness (QED) is 0.742. The molecule has 72 valence electrons. The van der Waals surface area contributed by atoms with Crippen molar-refractivity contribution < 1.29 is 4.42 Å². The molecular weight excluding hydrogens is 223 g/mol. The lowest BCUT2D eigenvalue weighted by Gasteiger charge is -1.96. The monoisotopic (exact) mass is 228 g/mol. The summed E-state index contributed by atoms with van der Waals surface area (Å²) in [5, 5.41) is 0.510. The highest BCUT2D eigenvalue weighted by Gasteiger charge is 2.09. The molecule has 3 nitrogen and oxygen atoms in total. The van der Waals surface area contributed by atoms with Crippen molar-refractivity contribution in [2.75, 3.05) is 0 Å². The van der Waals surface area contributed by atoms with Crippen molar-refractivity contribution in [2.24, 2.45) is 0 Å². The summed E-state index contributed by atoms with van der Waals surface area (Å²) in [6.45, 7) is 0. The predicted octanol–water partition coefficient (Wildman–Crippen LogP) is 3.13. The molecule has 0 spiro atoms. The molecule has 0 aliphatic rings. The molecule has 0 aromatic carbocycles. The standard InChI is InChI=1S/C9H6Cl2N2O/c10-3-6-4-13-9(14-6)7-1-2-12-5-8(7)11/h1-2,4-5H,3H2. The Morgan fingerprint density at radius 1 is 1.36 bits per heavy atom. The van der Waals surface area contributed by atoms with Gasteiger partial charge in [-0.05, 0) is 6.07 Å². The number of nitrogens with zero attached hydrogens (tertiary/aromatic N) is 2. The Hall–Kier alpha value is -1.06. The Bertz CT molecular complexity index is 442. The lowest BCUT2D eigenvalue weighted by Crippen LogP contribution is -1.79. The first-order valence-electron chi connectivity index (χ1n) is 3.92. The van der Waals surface area contributed by atoms with Gasteiger partial charge in [0.2, 0.25) is 5.89 Å². The molecule has 0 aliphatic heterocycles. The summed E-state index contributed by atoms with van der Waals surface area (Å²) in [6, 6.07) is 1.74. The van der Waals surface area contributed by atoms with Gasteiger partial charge in [-0.1, -0.05) is 11.6 Å². The van der Waals surface area contributed by atoms with Gasteiger partial charge in [-0.15, -0.1) is 11.6 Å². The fraction of sp³-hybridized carbons (Fsp3) is 0.111. The van der Waals surface area contributed by atoms with Crippen LogP contribution >= 0.6 is 23.2 Å². The predicted molar refractivity (Wildman–Crippen MR) is 54.3 cm³/mol. The third-order valence-electron chi connectivity index (χ3n) is 1.69. The van der Waals surface area contributed by atoms with Crippen molar-refractivity contribution in [1.29, 1.82) is 0 Å². The van der Waals surface area contributed by atoms with Crippen LogP contribution in [0.4, 0.5) is 0 Å². The molecule has 2 rings (SSSR count). The van der Waals surface area contributed by atoms with E-state index in [0.717, 1.165) is 5.56 Å². The number of oxazole rings is 1. The van der Waals surface area contributed by atoms with Crippen LogP contribution in [-0.4, -0.2) is 9.97 Å². The molecule has 14 heavy (non-hydrogen) atoms. The van der Waals surface area contributed by atoms with Crippen molar-refractivity contribution in [3.63, 3.8) is 0 Å². The lowest BCUT2D eigenvalue weighted by atomic mass is 10.3. The van der Waals surface area contributed by atoms with E-state index in [0.29, 0.717) is 22.6 Å². The molecule has 2 heterocycles. The number of halogens is 2. The van der Waals surface area contributed by atoms with Gasteiger partial charge in [0, 0.05) is 12.4 Å². The van der Waals surface area contributed by atoms with E-state index >= 15 is 0 Å². The summed E-state index contributed by atoms with van der Waals surface area (Å²) in [5.74, 6) is 1.39. The lowest BCUT2D eigenvalue weighted by molar-refractivity contribution is 0.537. The van der Waals surface area contributed by atoms with Crippen LogP contribution in [0.3, 0.4) is 0 Å². The summed E-state index contributed by atoms with van der Waals surface area (Å²) in [6.07, 6.45) is 4.76. The second kappa shape index (κ2) is 3.98. The molecule has 0 N–H and O–H groups in total. The fourth-order valence-electron chi connectivity index (χ4n) is 1.04. The minimum absolute atomic E-state index is 0.301. The van der Waals surface area contributed by atoms with Crippen molar-refractivity contribution in [3.8, 4) is 11.5 Å². The van der Waals surface area contributed by atoms with E-state index in [-0.39, 0.29) is 0 Å². The molecule has 0 bridgehead atoms. The molecule has 5 heteroatoms. The molecule has 2 aromatic heterocycles. The van der Waals surface area contributed by atoms with Gasteiger partial charge in [-0.2, -0.15) is 0 Å². The summed E-state index contributed by atoms with van der Waals surface area (Å²) < 4.78 is 5.34. The normalized spacial score (nSPS) is 10.4. The average molecular weight is 229 g/mol. The van der Waals surface area contributed by atoms with Crippen LogP contribution in [0, 0.1) is 0 Å². The third-order valence-corrected chi connectivity index (χ3v) is 2.25. The van der Waals surface area contributed by atoms with Gasteiger partial charge in [0.1, 0.15) is 5.76 Å². The summed E-state index contributed by atoms with van der Waals surface area (Å²) >= 11 is 11.5. The second-order valence-corrected chi connectivity index (χ2v) is 3.30. The highest BCUT2D eigenvalue weighted by molar-refractivity contribution is 6.33. The van der Waals surface area contributed by atoms with Crippen molar-refractivity contribution in [2.45, 2.75) is 5.88 Å². The van der Waals surface area contributed by atoms with Gasteiger partial charge in [0.25, 0.3) is 0 Å². The average Bonchev–Trinajstić information content (AvgIpc) is 2.67. The number of pyridine rings is 1. The second-order valence-electron chi connectivity index (χ2n) is 2.62. The zero-order valence-electron chi connectivity index (χ0n) is 7.08. The van der Waals surface area contributed by atoms with Gasteiger partial charge in [-0.3, -0.25) is 4.98 Å². The highest BCUT2D eigenvalue weighted by Crippen LogP contribution is 2.26. The van der Waals surface area contributed by atoms with Crippen LogP contribution in [-0.2, 0) is 5.88 Å².